The molecule has 1 aromatic carbocycles. The topological polar surface area (TPSA) is 79.9 Å². The predicted octanol–water partition coefficient (Wildman–Crippen LogP) is 2.52. The van der Waals surface area contributed by atoms with Crippen LogP contribution >= 0.6 is 0 Å². The van der Waals surface area contributed by atoms with Crippen molar-refractivity contribution in [2.75, 3.05) is 0 Å². The number of nitrogens with one attached hydrogen (secondary N) is 1. The van der Waals surface area contributed by atoms with Crippen LogP contribution in [-0.2, 0) is 0 Å². The molecule has 1 N–H and O–H groups in total. The summed E-state index contributed by atoms with van der Waals surface area (Å²) in [6.07, 6.45) is 1.51. The van der Waals surface area contributed by atoms with Gasteiger partial charge in [0.25, 0.3) is 0 Å². The molecule has 0 saturated heterocycles. The van der Waals surface area contributed by atoms with E-state index >= 15 is 0 Å². The molecule has 0 fully saturated rings. The van der Waals surface area contributed by atoms with E-state index in [1.165, 1.54) is 12.3 Å². The van der Waals surface area contributed by atoms with Crippen molar-refractivity contribution in [3.8, 4) is 11.1 Å². The highest BCUT2D eigenvalue weighted by Gasteiger charge is 2.35. The first-order valence-corrected chi connectivity index (χ1v) is 7.45. The van der Waals surface area contributed by atoms with Crippen molar-refractivity contribution in [3.63, 3.8) is 0 Å². The molecule has 0 unspecified atom stereocenters. The summed E-state index contributed by atoms with van der Waals surface area (Å²) in [5.41, 5.74) is 2.22. The molecule has 0 saturated carbocycles. The van der Waals surface area contributed by atoms with Gasteiger partial charge in [-0.25, -0.2) is 0 Å². The number of aromatic nitrogens is 2. The van der Waals surface area contributed by atoms with Crippen LogP contribution in [0.3, 0.4) is 0 Å². The molecule has 4 rings (SSSR count). The van der Waals surface area contributed by atoms with E-state index in [9.17, 15) is 14.4 Å². The van der Waals surface area contributed by atoms with Crippen molar-refractivity contribution in [1.82, 2.24) is 9.97 Å². The number of ketones is 2. The van der Waals surface area contributed by atoms with Crippen LogP contribution < -0.4 is 5.56 Å². The van der Waals surface area contributed by atoms with Gasteiger partial charge in [0.1, 0.15) is 11.4 Å². The summed E-state index contributed by atoms with van der Waals surface area (Å²) in [7, 11) is 0. The molecule has 0 amide bonds. The van der Waals surface area contributed by atoms with Crippen LogP contribution in [0.4, 0.5) is 0 Å². The molecule has 2 heterocycles. The molecular weight excluding hydrogens is 304 g/mol. The Hall–Kier alpha value is -3.34. The van der Waals surface area contributed by atoms with Gasteiger partial charge < -0.3 is 4.98 Å². The molecule has 5 heteroatoms. The van der Waals surface area contributed by atoms with Crippen LogP contribution in [-0.4, -0.2) is 21.5 Å². The third-order valence-electron chi connectivity index (χ3n) is 4.17. The quantitative estimate of drug-likeness (QED) is 0.585. The molecule has 1 aliphatic carbocycles. The van der Waals surface area contributed by atoms with Crippen molar-refractivity contribution in [2.24, 2.45) is 0 Å². The lowest BCUT2D eigenvalue weighted by Crippen LogP contribution is -2.28. The van der Waals surface area contributed by atoms with Gasteiger partial charge in [0.2, 0.25) is 11.3 Å². The zero-order valence-corrected chi connectivity index (χ0v) is 12.8. The molecule has 0 bridgehead atoms. The first-order chi connectivity index (χ1) is 11.6. The van der Waals surface area contributed by atoms with Crippen LogP contribution in [0.1, 0.15) is 37.7 Å². The number of carbonyl (C=O) groups excluding carboxylic acids is 2. The fourth-order valence-corrected chi connectivity index (χ4v) is 3.12. The van der Waals surface area contributed by atoms with Gasteiger partial charge >= 0.3 is 0 Å². The number of nitrogens with zero attached hydrogens (tertiary/aromatic N) is 1. The maximum absolute atomic E-state index is 13.1. The van der Waals surface area contributed by atoms with Gasteiger partial charge in [-0.2, -0.15) is 0 Å². The summed E-state index contributed by atoms with van der Waals surface area (Å²) in [5, 5.41) is 0. The van der Waals surface area contributed by atoms with E-state index in [4.69, 9.17) is 0 Å². The summed E-state index contributed by atoms with van der Waals surface area (Å²) >= 11 is 0. The zero-order chi connectivity index (χ0) is 16.8. The van der Waals surface area contributed by atoms with Crippen LogP contribution in [0.2, 0.25) is 0 Å². The third kappa shape index (κ3) is 1.95. The number of H-pyrrole nitrogens is 1. The average Bonchev–Trinajstić information content (AvgIpc) is 2.59. The zero-order valence-electron chi connectivity index (χ0n) is 12.8. The molecule has 116 valence electrons. The molecule has 0 atom stereocenters. The van der Waals surface area contributed by atoms with E-state index in [1.54, 1.807) is 13.0 Å². The number of aryl methyl sites for hydroxylation is 1. The Morgan fingerprint density at radius 1 is 0.917 bits per heavy atom. The number of pyridine rings is 2. The number of hydrogen-bond acceptors (Lipinski definition) is 4. The summed E-state index contributed by atoms with van der Waals surface area (Å²) in [6, 6.07) is 12.4. The minimum Gasteiger partial charge on any atom is -0.318 e. The van der Waals surface area contributed by atoms with E-state index in [0.717, 1.165) is 5.56 Å². The maximum Gasteiger partial charge on any atom is 0.248 e. The van der Waals surface area contributed by atoms with Crippen LogP contribution in [0, 0.1) is 6.92 Å². The average molecular weight is 316 g/mol. The number of benzene rings is 1. The second-order valence-corrected chi connectivity index (χ2v) is 5.67. The number of aromatic amines is 1. The van der Waals surface area contributed by atoms with Crippen molar-refractivity contribution < 1.29 is 9.59 Å². The Morgan fingerprint density at radius 3 is 2.42 bits per heavy atom. The molecule has 0 radical (unpaired) electrons. The number of fused-ring (bicyclic) bond motifs is 2. The Kier molecular flexibility index (Phi) is 3.03. The van der Waals surface area contributed by atoms with Gasteiger partial charge in [-0.3, -0.25) is 19.4 Å². The molecular formula is C19H12N2O3. The van der Waals surface area contributed by atoms with Crippen molar-refractivity contribution in [1.29, 1.82) is 0 Å². The first-order valence-electron chi connectivity index (χ1n) is 7.45. The lowest BCUT2D eigenvalue weighted by Gasteiger charge is -2.20. The van der Waals surface area contributed by atoms with E-state index in [-0.39, 0.29) is 28.3 Å². The Labute approximate surface area is 137 Å². The second kappa shape index (κ2) is 5.09. The third-order valence-corrected chi connectivity index (χ3v) is 4.17. The SMILES string of the molecule is Cc1cc(=O)[nH]c2c1C(=O)c1c(-c3ccccc3)ccnc1C2=O. The monoisotopic (exact) mass is 316 g/mol. The number of rotatable bonds is 1. The summed E-state index contributed by atoms with van der Waals surface area (Å²) in [5.74, 6) is -0.724. The largest absolute Gasteiger partial charge is 0.318 e. The highest BCUT2D eigenvalue weighted by atomic mass is 16.1. The predicted molar refractivity (Wildman–Crippen MR) is 88.3 cm³/mol. The molecule has 2 aromatic heterocycles. The minimum absolute atomic E-state index is 0.0233. The number of hydrogen-bond donors (Lipinski definition) is 1. The highest BCUT2D eigenvalue weighted by Crippen LogP contribution is 2.33. The standard InChI is InChI=1S/C19H12N2O3/c1-10-9-13(22)21-17-14(10)18(23)15-12(11-5-3-2-4-6-11)7-8-20-16(15)19(17)24/h2-9H,1H3,(H,21,22). The van der Waals surface area contributed by atoms with Crippen LogP contribution in [0.25, 0.3) is 11.1 Å². The smallest absolute Gasteiger partial charge is 0.248 e. The van der Waals surface area contributed by atoms with E-state index in [2.05, 4.69) is 9.97 Å². The summed E-state index contributed by atoms with van der Waals surface area (Å²) < 4.78 is 0. The van der Waals surface area contributed by atoms with Crippen molar-refractivity contribution in [3.05, 3.63) is 87.1 Å². The molecule has 3 aromatic rings. The Balaban J connectivity index is 2.05. The highest BCUT2D eigenvalue weighted by molar-refractivity contribution is 6.29. The Morgan fingerprint density at radius 2 is 1.67 bits per heavy atom. The van der Waals surface area contributed by atoms with E-state index < -0.39 is 11.3 Å². The fourth-order valence-electron chi connectivity index (χ4n) is 3.12. The van der Waals surface area contributed by atoms with Crippen LogP contribution in [0.5, 0.6) is 0 Å². The maximum atomic E-state index is 13.1. The molecule has 0 aliphatic heterocycles. The van der Waals surface area contributed by atoms with E-state index in [1.807, 2.05) is 30.3 Å². The minimum atomic E-state index is -0.432. The van der Waals surface area contributed by atoms with Gasteiger partial charge in [-0.1, -0.05) is 30.3 Å². The molecule has 0 spiro atoms. The summed E-state index contributed by atoms with van der Waals surface area (Å²) in [4.78, 5) is 44.1. The normalized spacial score (nSPS) is 12.7. The van der Waals surface area contributed by atoms with Gasteiger partial charge in [0, 0.05) is 12.3 Å². The Bertz CT molecular complexity index is 1070. The van der Waals surface area contributed by atoms with Crippen molar-refractivity contribution >= 4 is 11.6 Å². The molecule has 24 heavy (non-hydrogen) atoms. The number of carbonyl (C=O) groups is 2. The lowest BCUT2D eigenvalue weighted by atomic mass is 9.84. The molecule has 1 aliphatic rings. The second-order valence-electron chi connectivity index (χ2n) is 5.67. The van der Waals surface area contributed by atoms with Crippen LogP contribution in [0.15, 0.2) is 53.5 Å². The van der Waals surface area contributed by atoms with Gasteiger partial charge in [0.15, 0.2) is 5.78 Å². The molecule has 5 nitrogen and oxygen atoms in total. The van der Waals surface area contributed by atoms with Gasteiger partial charge in [0.05, 0.1) is 11.1 Å². The van der Waals surface area contributed by atoms with Gasteiger partial charge in [-0.05, 0) is 29.7 Å². The van der Waals surface area contributed by atoms with E-state index in [0.29, 0.717) is 11.1 Å². The van der Waals surface area contributed by atoms with Gasteiger partial charge in [-0.15, -0.1) is 0 Å². The lowest BCUT2D eigenvalue weighted by molar-refractivity contribution is 0.0971. The fraction of sp³-hybridized carbons (Fsp3) is 0.0526. The first kappa shape index (κ1) is 14.3. The van der Waals surface area contributed by atoms with Crippen molar-refractivity contribution in [2.45, 2.75) is 6.92 Å². The summed E-state index contributed by atoms with van der Waals surface area (Å²) in [6.45, 7) is 1.66.